The van der Waals surface area contributed by atoms with Gasteiger partial charge in [-0.3, -0.25) is 9.78 Å². The van der Waals surface area contributed by atoms with Gasteiger partial charge in [-0.1, -0.05) is 36.9 Å². The first-order valence-corrected chi connectivity index (χ1v) is 8.93. The molecule has 0 atom stereocenters. The van der Waals surface area contributed by atoms with Crippen molar-refractivity contribution >= 4 is 28.0 Å². The Labute approximate surface area is 136 Å². The van der Waals surface area contributed by atoms with Crippen LogP contribution in [0.25, 0.3) is 0 Å². The Morgan fingerprint density at radius 3 is 2.74 bits per heavy atom. The van der Waals surface area contributed by atoms with E-state index >= 15 is 0 Å². The van der Waals surface area contributed by atoms with Gasteiger partial charge < -0.3 is 0 Å². The minimum absolute atomic E-state index is 0.0127. The lowest BCUT2D eigenvalue weighted by molar-refractivity contribution is 0.582. The Morgan fingerprint density at radius 1 is 1.39 bits per heavy atom. The molecule has 0 aliphatic rings. The van der Waals surface area contributed by atoms with Crippen LogP contribution in [-0.4, -0.2) is 30.4 Å². The number of H-pyrrole nitrogens is 1. The zero-order valence-electron chi connectivity index (χ0n) is 12.0. The third kappa shape index (κ3) is 4.39. The Morgan fingerprint density at radius 2 is 2.09 bits per heavy atom. The maximum Gasteiger partial charge on any atom is 0.288 e. The highest BCUT2D eigenvalue weighted by Crippen LogP contribution is 2.11. The van der Waals surface area contributed by atoms with Crippen molar-refractivity contribution < 1.29 is 12.8 Å². The molecule has 0 spiro atoms. The summed E-state index contributed by atoms with van der Waals surface area (Å²) in [5, 5.41) is 3.69. The minimum atomic E-state index is -3.86. The molecule has 2 N–H and O–H groups in total. The molecular weight excluding hydrogens is 343 g/mol. The van der Waals surface area contributed by atoms with Gasteiger partial charge in [0.25, 0.3) is 15.6 Å². The number of hydrogen-bond donors (Lipinski definition) is 2. The molecule has 0 unspecified atom stereocenters. The van der Waals surface area contributed by atoms with Gasteiger partial charge in [-0.2, -0.15) is 17.9 Å². The molecular formula is C13H13FN4O3S2. The summed E-state index contributed by atoms with van der Waals surface area (Å²) in [5.74, 6) is -0.501. The number of aromatic amines is 1. The van der Waals surface area contributed by atoms with E-state index in [-0.39, 0.29) is 15.7 Å². The van der Waals surface area contributed by atoms with E-state index in [1.165, 1.54) is 23.9 Å². The molecule has 0 aliphatic heterocycles. The largest absolute Gasteiger partial charge is 0.299 e. The monoisotopic (exact) mass is 356 g/mol. The van der Waals surface area contributed by atoms with E-state index in [9.17, 15) is 17.6 Å². The molecule has 1 heterocycles. The Hall–Kier alpha value is -2.20. The number of sulfonamides is 1. The van der Waals surface area contributed by atoms with E-state index in [4.69, 9.17) is 0 Å². The number of aromatic nitrogens is 2. The Balaban J connectivity index is 2.22. The Kier molecular flexibility index (Phi) is 5.50. The lowest BCUT2D eigenvalue weighted by Crippen LogP contribution is -2.20. The molecule has 0 radical (unpaired) electrons. The number of nitrogens with zero attached hydrogens (tertiary/aromatic N) is 2. The van der Waals surface area contributed by atoms with Crippen LogP contribution in [0.3, 0.4) is 0 Å². The maximum absolute atomic E-state index is 13.7. The first-order valence-electron chi connectivity index (χ1n) is 6.46. The normalized spacial score (nSPS) is 11.7. The molecule has 10 heteroatoms. The van der Waals surface area contributed by atoms with Crippen molar-refractivity contribution in [3.05, 3.63) is 52.2 Å². The van der Waals surface area contributed by atoms with Gasteiger partial charge in [0.1, 0.15) is 5.69 Å². The van der Waals surface area contributed by atoms with Crippen LogP contribution in [-0.2, 0) is 10.0 Å². The van der Waals surface area contributed by atoms with Crippen molar-refractivity contribution in [2.45, 2.75) is 17.0 Å². The fourth-order valence-corrected chi connectivity index (χ4v) is 2.97. The maximum atomic E-state index is 13.7. The van der Waals surface area contributed by atoms with Crippen LogP contribution in [0.15, 0.2) is 50.3 Å². The highest BCUT2D eigenvalue weighted by molar-refractivity contribution is 7.99. The second kappa shape index (κ2) is 7.38. The number of hydrogen-bond acceptors (Lipinski definition) is 6. The molecule has 0 amide bonds. The molecule has 2 aromatic rings. The van der Waals surface area contributed by atoms with Crippen LogP contribution < -0.4 is 10.4 Å². The Bertz CT molecular complexity index is 867. The quantitative estimate of drug-likeness (QED) is 0.352. The number of nitrogens with one attached hydrogen (secondary N) is 2. The van der Waals surface area contributed by atoms with Gasteiger partial charge in [-0.25, -0.2) is 9.82 Å². The van der Waals surface area contributed by atoms with Gasteiger partial charge in [-0.15, -0.1) is 0 Å². The van der Waals surface area contributed by atoms with E-state index in [2.05, 4.69) is 15.1 Å². The molecule has 0 bridgehead atoms. The molecule has 1 aromatic heterocycles. The van der Waals surface area contributed by atoms with Crippen LogP contribution in [0.4, 0.5) is 4.39 Å². The zero-order valence-corrected chi connectivity index (χ0v) is 13.6. The second-order valence-electron chi connectivity index (χ2n) is 4.17. The van der Waals surface area contributed by atoms with Crippen molar-refractivity contribution in [2.75, 3.05) is 5.75 Å². The summed E-state index contributed by atoms with van der Waals surface area (Å²) < 4.78 is 37.5. The molecule has 0 fully saturated rings. The molecule has 122 valence electrons. The van der Waals surface area contributed by atoms with Crippen molar-refractivity contribution in [3.8, 4) is 0 Å². The van der Waals surface area contributed by atoms with E-state index < -0.39 is 21.4 Å². The summed E-state index contributed by atoms with van der Waals surface area (Å²) in [4.78, 5) is 19.5. The summed E-state index contributed by atoms with van der Waals surface area (Å²) in [5.41, 5.74) is -1.29. The van der Waals surface area contributed by atoms with Gasteiger partial charge in [-0.05, 0) is 17.9 Å². The van der Waals surface area contributed by atoms with E-state index in [0.29, 0.717) is 5.75 Å². The summed E-state index contributed by atoms with van der Waals surface area (Å²) in [7, 11) is -3.86. The topological polar surface area (TPSA) is 104 Å². The second-order valence-corrected chi connectivity index (χ2v) is 7.08. The summed E-state index contributed by atoms with van der Waals surface area (Å²) in [6, 6.07) is 7.57. The predicted molar refractivity (Wildman–Crippen MR) is 85.6 cm³/mol. The smallest absolute Gasteiger partial charge is 0.288 e. The molecule has 1 aromatic carbocycles. The highest BCUT2D eigenvalue weighted by Gasteiger charge is 2.13. The molecule has 0 saturated carbocycles. The van der Waals surface area contributed by atoms with Gasteiger partial charge in [0, 0.05) is 0 Å². The van der Waals surface area contributed by atoms with Gasteiger partial charge in [0.2, 0.25) is 5.82 Å². The number of thioether (sulfide) groups is 1. The SMILES string of the molecule is CCSc1nc(/C=N/NS(=O)(=O)c2ccccc2)c(F)c(=O)[nH]1. The lowest BCUT2D eigenvalue weighted by atomic mass is 10.4. The van der Waals surface area contributed by atoms with Crippen molar-refractivity contribution in [2.24, 2.45) is 5.10 Å². The number of rotatable bonds is 6. The highest BCUT2D eigenvalue weighted by atomic mass is 32.2. The average Bonchev–Trinajstić information content (AvgIpc) is 2.53. The van der Waals surface area contributed by atoms with Gasteiger partial charge in [0.05, 0.1) is 11.1 Å². The molecule has 7 nitrogen and oxygen atoms in total. The van der Waals surface area contributed by atoms with E-state index in [1.807, 2.05) is 11.8 Å². The van der Waals surface area contributed by atoms with Gasteiger partial charge >= 0.3 is 0 Å². The molecule has 0 saturated heterocycles. The van der Waals surface area contributed by atoms with Crippen LogP contribution in [0.1, 0.15) is 12.6 Å². The summed E-state index contributed by atoms with van der Waals surface area (Å²) in [6.45, 7) is 1.84. The van der Waals surface area contributed by atoms with Crippen LogP contribution in [0, 0.1) is 5.82 Å². The number of hydrazone groups is 1. The average molecular weight is 356 g/mol. The van der Waals surface area contributed by atoms with E-state index in [1.54, 1.807) is 18.2 Å². The third-order valence-electron chi connectivity index (χ3n) is 2.56. The molecule has 0 aliphatic carbocycles. The van der Waals surface area contributed by atoms with Gasteiger partial charge in [0.15, 0.2) is 5.16 Å². The standard InChI is InChI=1S/C13H13FN4O3S2/c1-2-22-13-16-10(11(14)12(19)17-13)8-15-18-23(20,21)9-6-4-3-5-7-9/h3-8,18H,2H2,1H3,(H,16,17,19)/b15-8+. The minimum Gasteiger partial charge on any atom is -0.299 e. The fourth-order valence-electron chi connectivity index (χ4n) is 1.55. The molecule has 23 heavy (non-hydrogen) atoms. The van der Waals surface area contributed by atoms with Crippen LogP contribution in [0.2, 0.25) is 0 Å². The number of benzene rings is 1. The first kappa shape index (κ1) is 17.2. The first-order chi connectivity index (χ1) is 10.9. The van der Waals surface area contributed by atoms with E-state index in [0.717, 1.165) is 6.21 Å². The summed E-state index contributed by atoms with van der Waals surface area (Å²) >= 11 is 1.21. The van der Waals surface area contributed by atoms with Crippen LogP contribution in [0.5, 0.6) is 0 Å². The van der Waals surface area contributed by atoms with Crippen LogP contribution >= 0.6 is 11.8 Å². The number of halogens is 1. The molecule has 2 rings (SSSR count). The van der Waals surface area contributed by atoms with Crippen molar-refractivity contribution in [1.29, 1.82) is 0 Å². The summed E-state index contributed by atoms with van der Waals surface area (Å²) in [6.07, 6.45) is 0.852. The third-order valence-corrected chi connectivity index (χ3v) is 4.55. The lowest BCUT2D eigenvalue weighted by Gasteiger charge is -2.03. The fraction of sp³-hybridized carbons (Fsp3) is 0.154. The zero-order chi connectivity index (χ0) is 16.9. The van der Waals surface area contributed by atoms with Crippen molar-refractivity contribution in [1.82, 2.24) is 14.8 Å². The van der Waals surface area contributed by atoms with Crippen molar-refractivity contribution in [3.63, 3.8) is 0 Å². The predicted octanol–water partition coefficient (Wildman–Crippen LogP) is 1.33.